The van der Waals surface area contributed by atoms with Crippen LogP contribution in [0.5, 0.6) is 0 Å². The quantitative estimate of drug-likeness (QED) is 0.601. The Morgan fingerprint density at radius 1 is 0.571 bits per heavy atom. The lowest BCUT2D eigenvalue weighted by molar-refractivity contribution is -0.388. The Labute approximate surface area is 73.9 Å². The average Bonchev–Trinajstić information content (AvgIpc) is 1.77. The summed E-state index contributed by atoms with van der Waals surface area (Å²) in [5.74, 6) is -4.93. The molecule has 0 aliphatic rings. The fraction of sp³-hybridized carbons (Fsp3) is 1.00. The SMILES string of the molecule is CC(F)(F)C(C)(C(F)(F)F)C(F)(F)F. The van der Waals surface area contributed by atoms with Gasteiger partial charge in [0.25, 0.3) is 5.92 Å². The van der Waals surface area contributed by atoms with Gasteiger partial charge < -0.3 is 0 Å². The molecule has 0 saturated heterocycles. The van der Waals surface area contributed by atoms with E-state index < -0.39 is 37.5 Å². The molecule has 0 aromatic carbocycles. The second-order valence-corrected chi connectivity index (χ2v) is 3.01. The Balaban J connectivity index is 5.54. The summed E-state index contributed by atoms with van der Waals surface area (Å²) in [5, 5.41) is 0. The first kappa shape index (κ1) is 13.4. The lowest BCUT2D eigenvalue weighted by Crippen LogP contribution is -2.57. The molecule has 8 heteroatoms. The van der Waals surface area contributed by atoms with Gasteiger partial charge in [0.05, 0.1) is 0 Å². The summed E-state index contributed by atoms with van der Waals surface area (Å²) < 4.78 is 96.0. The molecule has 0 rings (SSSR count). The predicted octanol–water partition coefficient (Wildman–Crippen LogP) is 3.77. The molecule has 0 nitrogen and oxygen atoms in total. The van der Waals surface area contributed by atoms with Gasteiger partial charge in [0.15, 0.2) is 0 Å². The van der Waals surface area contributed by atoms with Gasteiger partial charge in [-0.3, -0.25) is 0 Å². The van der Waals surface area contributed by atoms with E-state index in [0.717, 1.165) is 0 Å². The van der Waals surface area contributed by atoms with E-state index in [1.165, 1.54) is 0 Å². The van der Waals surface area contributed by atoms with Crippen molar-refractivity contribution in [3.8, 4) is 0 Å². The first-order valence-electron chi connectivity index (χ1n) is 3.26. The molecular formula is C6H6F8. The van der Waals surface area contributed by atoms with Crippen LogP contribution >= 0.6 is 0 Å². The molecule has 0 aliphatic carbocycles. The number of halogens is 8. The molecule has 0 atom stereocenters. The molecule has 0 saturated carbocycles. The summed E-state index contributed by atoms with van der Waals surface area (Å²) >= 11 is 0. The van der Waals surface area contributed by atoms with Crippen molar-refractivity contribution in [2.75, 3.05) is 0 Å². The second kappa shape index (κ2) is 2.96. The number of hydrogen-bond acceptors (Lipinski definition) is 0. The molecule has 0 aliphatic heterocycles. The predicted molar refractivity (Wildman–Crippen MR) is 30.8 cm³/mol. The van der Waals surface area contributed by atoms with Crippen molar-refractivity contribution in [2.24, 2.45) is 5.41 Å². The number of rotatable bonds is 1. The molecule has 0 spiro atoms. The van der Waals surface area contributed by atoms with E-state index in [4.69, 9.17) is 0 Å². The van der Waals surface area contributed by atoms with Crippen LogP contribution in [0.1, 0.15) is 13.8 Å². The molecule has 0 radical (unpaired) electrons. The molecule has 0 heterocycles. The third-order valence-corrected chi connectivity index (χ3v) is 2.01. The molecule has 0 aromatic heterocycles. The first-order chi connectivity index (χ1) is 5.75. The van der Waals surface area contributed by atoms with Gasteiger partial charge in [0.2, 0.25) is 5.41 Å². The molecule has 0 bridgehead atoms. The van der Waals surface area contributed by atoms with Crippen molar-refractivity contribution in [1.29, 1.82) is 0 Å². The third-order valence-electron chi connectivity index (χ3n) is 2.01. The van der Waals surface area contributed by atoms with Crippen LogP contribution in [0, 0.1) is 5.41 Å². The van der Waals surface area contributed by atoms with Crippen molar-refractivity contribution >= 4 is 0 Å². The Bertz CT molecular complexity index is 167. The molecule has 0 amide bonds. The van der Waals surface area contributed by atoms with Crippen LogP contribution < -0.4 is 0 Å². The Morgan fingerprint density at radius 2 is 0.786 bits per heavy atom. The summed E-state index contributed by atoms with van der Waals surface area (Å²) in [5.41, 5.74) is -5.02. The summed E-state index contributed by atoms with van der Waals surface area (Å²) in [6, 6.07) is 0. The second-order valence-electron chi connectivity index (χ2n) is 3.01. The largest absolute Gasteiger partial charge is 0.408 e. The minimum Gasteiger partial charge on any atom is -0.206 e. The van der Waals surface area contributed by atoms with Gasteiger partial charge >= 0.3 is 12.4 Å². The van der Waals surface area contributed by atoms with E-state index in [2.05, 4.69) is 0 Å². The first-order valence-corrected chi connectivity index (χ1v) is 3.26. The minimum absolute atomic E-state index is 0.409. The molecular weight excluding hydrogens is 224 g/mol. The van der Waals surface area contributed by atoms with Gasteiger partial charge in [0, 0.05) is 6.92 Å². The smallest absolute Gasteiger partial charge is 0.206 e. The Hall–Kier alpha value is -0.560. The van der Waals surface area contributed by atoms with Crippen molar-refractivity contribution in [3.63, 3.8) is 0 Å². The normalized spacial score (nSPS) is 15.9. The van der Waals surface area contributed by atoms with Crippen molar-refractivity contribution < 1.29 is 35.1 Å². The highest BCUT2D eigenvalue weighted by Gasteiger charge is 2.77. The maximum absolute atomic E-state index is 12.3. The zero-order chi connectivity index (χ0) is 12.0. The van der Waals surface area contributed by atoms with E-state index in [1.54, 1.807) is 0 Å². The number of hydrogen-bond donors (Lipinski definition) is 0. The maximum atomic E-state index is 12.3. The Kier molecular flexibility index (Phi) is 2.84. The van der Waals surface area contributed by atoms with Crippen molar-refractivity contribution in [2.45, 2.75) is 32.1 Å². The van der Waals surface area contributed by atoms with E-state index in [-0.39, 0.29) is 0 Å². The fourth-order valence-corrected chi connectivity index (χ4v) is 0.658. The fourth-order valence-electron chi connectivity index (χ4n) is 0.658. The van der Waals surface area contributed by atoms with Gasteiger partial charge in [-0.15, -0.1) is 0 Å². The highest BCUT2D eigenvalue weighted by Crippen LogP contribution is 2.58. The van der Waals surface area contributed by atoms with E-state index in [9.17, 15) is 35.1 Å². The molecule has 14 heavy (non-hydrogen) atoms. The van der Waals surface area contributed by atoms with E-state index in [1.807, 2.05) is 0 Å². The van der Waals surface area contributed by atoms with E-state index >= 15 is 0 Å². The molecule has 0 unspecified atom stereocenters. The van der Waals surface area contributed by atoms with Crippen LogP contribution in [0.3, 0.4) is 0 Å². The number of alkyl halides is 8. The topological polar surface area (TPSA) is 0 Å². The third kappa shape index (κ3) is 1.78. The molecule has 0 aromatic rings. The molecule has 0 N–H and O–H groups in total. The monoisotopic (exact) mass is 230 g/mol. The lowest BCUT2D eigenvalue weighted by atomic mass is 9.82. The zero-order valence-electron chi connectivity index (χ0n) is 7.02. The minimum atomic E-state index is -6.05. The summed E-state index contributed by atoms with van der Waals surface area (Å²) in [6.07, 6.45) is -12.1. The zero-order valence-corrected chi connectivity index (χ0v) is 7.02. The van der Waals surface area contributed by atoms with E-state index in [0.29, 0.717) is 0 Å². The van der Waals surface area contributed by atoms with Crippen molar-refractivity contribution in [1.82, 2.24) is 0 Å². The highest BCUT2D eigenvalue weighted by molar-refractivity contribution is 4.97. The van der Waals surface area contributed by atoms with Crippen molar-refractivity contribution in [3.05, 3.63) is 0 Å². The van der Waals surface area contributed by atoms with Gasteiger partial charge in [-0.1, -0.05) is 0 Å². The van der Waals surface area contributed by atoms with Crippen LogP contribution in [0.2, 0.25) is 0 Å². The summed E-state index contributed by atoms with van der Waals surface area (Å²) in [4.78, 5) is 0. The average molecular weight is 230 g/mol. The van der Waals surface area contributed by atoms with Crippen LogP contribution in [0.15, 0.2) is 0 Å². The van der Waals surface area contributed by atoms with Crippen LogP contribution in [0.4, 0.5) is 35.1 Å². The van der Waals surface area contributed by atoms with Gasteiger partial charge in [-0.2, -0.15) is 26.3 Å². The summed E-state index contributed by atoms with van der Waals surface area (Å²) in [7, 11) is 0. The van der Waals surface area contributed by atoms with Gasteiger partial charge in [0.1, 0.15) is 0 Å². The van der Waals surface area contributed by atoms with Gasteiger partial charge in [-0.25, -0.2) is 8.78 Å². The lowest BCUT2D eigenvalue weighted by Gasteiger charge is -2.37. The summed E-state index contributed by atoms with van der Waals surface area (Å²) in [6.45, 7) is -0.971. The molecule has 0 fully saturated rings. The van der Waals surface area contributed by atoms with Crippen LogP contribution in [-0.4, -0.2) is 18.3 Å². The van der Waals surface area contributed by atoms with Gasteiger partial charge in [-0.05, 0) is 6.92 Å². The standard InChI is InChI=1S/C6H6F8/c1-3(4(2,7)8,5(9,10)11)6(12,13)14/h1-2H3. The highest BCUT2D eigenvalue weighted by atomic mass is 19.4. The van der Waals surface area contributed by atoms with Crippen LogP contribution in [0.25, 0.3) is 0 Å². The Morgan fingerprint density at radius 3 is 0.786 bits per heavy atom. The maximum Gasteiger partial charge on any atom is 0.408 e. The molecule has 86 valence electrons. The van der Waals surface area contributed by atoms with Crippen LogP contribution in [-0.2, 0) is 0 Å².